The van der Waals surface area contributed by atoms with Crippen LogP contribution in [0, 0.1) is 5.92 Å². The lowest BCUT2D eigenvalue weighted by atomic mass is 10.0. The van der Waals surface area contributed by atoms with Crippen molar-refractivity contribution in [3.63, 3.8) is 0 Å². The van der Waals surface area contributed by atoms with Crippen molar-refractivity contribution in [2.75, 3.05) is 25.0 Å². The van der Waals surface area contributed by atoms with Gasteiger partial charge < -0.3 is 10.2 Å². The monoisotopic (exact) mass is 246 g/mol. The van der Waals surface area contributed by atoms with Gasteiger partial charge >= 0.3 is 0 Å². The fourth-order valence-corrected chi connectivity index (χ4v) is 2.78. The number of fused-ring (bicyclic) bond motifs is 1. The first kappa shape index (κ1) is 13.4. The summed E-state index contributed by atoms with van der Waals surface area (Å²) in [5.41, 5.74) is 2.91. The molecule has 1 N–H and O–H groups in total. The number of anilines is 1. The van der Waals surface area contributed by atoms with E-state index >= 15 is 0 Å². The zero-order valence-corrected chi connectivity index (χ0v) is 11.9. The average Bonchev–Trinajstić information content (AvgIpc) is 2.55. The topological polar surface area (TPSA) is 15.3 Å². The van der Waals surface area contributed by atoms with E-state index in [-0.39, 0.29) is 0 Å². The van der Waals surface area contributed by atoms with Crippen molar-refractivity contribution in [1.29, 1.82) is 0 Å². The minimum Gasteiger partial charge on any atom is -0.371 e. The molecule has 0 radical (unpaired) electrons. The van der Waals surface area contributed by atoms with Crippen LogP contribution in [0.1, 0.15) is 44.7 Å². The lowest BCUT2D eigenvalue weighted by molar-refractivity contribution is 0.534. The van der Waals surface area contributed by atoms with Crippen molar-refractivity contribution in [2.45, 2.75) is 39.2 Å². The molecule has 0 aromatic heterocycles. The highest BCUT2D eigenvalue weighted by atomic mass is 15.1. The highest BCUT2D eigenvalue weighted by molar-refractivity contribution is 5.55. The van der Waals surface area contributed by atoms with Crippen LogP contribution in [0.3, 0.4) is 0 Å². The fraction of sp³-hybridized carbons (Fsp3) is 0.625. The Morgan fingerprint density at radius 2 is 2.11 bits per heavy atom. The normalized spacial score (nSPS) is 19.8. The highest BCUT2D eigenvalue weighted by Crippen LogP contribution is 2.32. The summed E-state index contributed by atoms with van der Waals surface area (Å²) < 4.78 is 0. The molecule has 100 valence electrons. The maximum Gasteiger partial charge on any atom is 0.0414 e. The zero-order valence-electron chi connectivity index (χ0n) is 11.9. The standard InChI is InChI=1S/C16H26N2/c1-13(2)10-12-18-11-6-8-15(17-3)14-7-4-5-9-16(14)18/h4-5,7,9,13,15,17H,6,8,10-12H2,1-3H3. The molecule has 18 heavy (non-hydrogen) atoms. The van der Waals surface area contributed by atoms with E-state index in [1.54, 1.807) is 0 Å². The van der Waals surface area contributed by atoms with Crippen LogP contribution in [0.25, 0.3) is 0 Å². The Bertz CT molecular complexity index is 373. The minimum atomic E-state index is 0.519. The van der Waals surface area contributed by atoms with Crippen molar-refractivity contribution in [1.82, 2.24) is 5.32 Å². The summed E-state index contributed by atoms with van der Waals surface area (Å²) in [7, 11) is 2.07. The number of benzene rings is 1. The molecule has 1 aromatic carbocycles. The lowest BCUT2D eigenvalue weighted by Gasteiger charge is -2.26. The van der Waals surface area contributed by atoms with Crippen molar-refractivity contribution >= 4 is 5.69 Å². The second-order valence-corrected chi connectivity index (χ2v) is 5.71. The van der Waals surface area contributed by atoms with E-state index in [4.69, 9.17) is 0 Å². The molecule has 2 heteroatoms. The van der Waals surface area contributed by atoms with Gasteiger partial charge in [-0.05, 0) is 43.9 Å². The number of nitrogens with one attached hydrogen (secondary N) is 1. The molecule has 0 amide bonds. The third kappa shape index (κ3) is 3.05. The van der Waals surface area contributed by atoms with Crippen molar-refractivity contribution in [3.05, 3.63) is 29.8 Å². The third-order valence-electron chi connectivity index (χ3n) is 3.90. The molecule has 0 saturated heterocycles. The SMILES string of the molecule is CNC1CCCN(CCC(C)C)c2ccccc21. The molecule has 0 spiro atoms. The van der Waals surface area contributed by atoms with Crippen molar-refractivity contribution < 1.29 is 0 Å². The first-order valence-electron chi connectivity index (χ1n) is 7.23. The number of hydrogen-bond acceptors (Lipinski definition) is 2. The van der Waals surface area contributed by atoms with Crippen LogP contribution < -0.4 is 10.2 Å². The quantitative estimate of drug-likeness (QED) is 0.873. The molecule has 1 heterocycles. The Morgan fingerprint density at radius 1 is 1.33 bits per heavy atom. The molecule has 2 rings (SSSR count). The van der Waals surface area contributed by atoms with Crippen LogP contribution >= 0.6 is 0 Å². The van der Waals surface area contributed by atoms with Gasteiger partial charge in [0.2, 0.25) is 0 Å². The summed E-state index contributed by atoms with van der Waals surface area (Å²) in [4.78, 5) is 2.58. The van der Waals surface area contributed by atoms with E-state index in [2.05, 4.69) is 55.4 Å². The molecule has 0 saturated carbocycles. The van der Waals surface area contributed by atoms with Crippen LogP contribution in [0.5, 0.6) is 0 Å². The lowest BCUT2D eigenvalue weighted by Crippen LogP contribution is -2.26. The van der Waals surface area contributed by atoms with Gasteiger partial charge in [0.1, 0.15) is 0 Å². The van der Waals surface area contributed by atoms with E-state index in [9.17, 15) is 0 Å². The van der Waals surface area contributed by atoms with Gasteiger partial charge in [0.15, 0.2) is 0 Å². The summed E-state index contributed by atoms with van der Waals surface area (Å²) >= 11 is 0. The molecular weight excluding hydrogens is 220 g/mol. The largest absolute Gasteiger partial charge is 0.371 e. The molecule has 0 fully saturated rings. The van der Waals surface area contributed by atoms with Gasteiger partial charge in [-0.3, -0.25) is 0 Å². The first-order chi connectivity index (χ1) is 8.72. The van der Waals surface area contributed by atoms with Gasteiger partial charge in [-0.2, -0.15) is 0 Å². The highest BCUT2D eigenvalue weighted by Gasteiger charge is 2.21. The Hall–Kier alpha value is -1.02. The van der Waals surface area contributed by atoms with Crippen molar-refractivity contribution in [3.8, 4) is 0 Å². The number of rotatable bonds is 4. The molecular formula is C16H26N2. The van der Waals surface area contributed by atoms with Gasteiger partial charge in [-0.1, -0.05) is 32.0 Å². The summed E-state index contributed by atoms with van der Waals surface area (Å²) in [5.74, 6) is 0.778. The van der Waals surface area contributed by atoms with Crippen LogP contribution in [0.2, 0.25) is 0 Å². The molecule has 1 atom stereocenters. The molecule has 1 aliphatic heterocycles. The molecule has 2 nitrogen and oxygen atoms in total. The Kier molecular flexibility index (Phi) is 4.65. The van der Waals surface area contributed by atoms with E-state index in [1.807, 2.05) is 0 Å². The molecule has 1 aliphatic rings. The minimum absolute atomic E-state index is 0.519. The van der Waals surface area contributed by atoms with Gasteiger partial charge in [0.05, 0.1) is 0 Å². The summed E-state index contributed by atoms with van der Waals surface area (Å²) in [6, 6.07) is 9.41. The van der Waals surface area contributed by atoms with Crippen molar-refractivity contribution in [2.24, 2.45) is 5.92 Å². The summed E-state index contributed by atoms with van der Waals surface area (Å²) in [5, 5.41) is 3.46. The first-order valence-corrected chi connectivity index (χ1v) is 7.23. The van der Waals surface area contributed by atoms with E-state index < -0.39 is 0 Å². The maximum absolute atomic E-state index is 3.46. The molecule has 1 aromatic rings. The van der Waals surface area contributed by atoms with Crippen LogP contribution in [0.15, 0.2) is 24.3 Å². The van der Waals surface area contributed by atoms with Crippen LogP contribution in [-0.4, -0.2) is 20.1 Å². The number of nitrogens with zero attached hydrogens (tertiary/aromatic N) is 1. The van der Waals surface area contributed by atoms with Gasteiger partial charge in [-0.25, -0.2) is 0 Å². The molecule has 0 aliphatic carbocycles. The Morgan fingerprint density at radius 3 is 2.83 bits per heavy atom. The average molecular weight is 246 g/mol. The molecule has 1 unspecified atom stereocenters. The predicted molar refractivity (Wildman–Crippen MR) is 79.1 cm³/mol. The van der Waals surface area contributed by atoms with E-state index in [1.165, 1.54) is 43.6 Å². The van der Waals surface area contributed by atoms with Gasteiger partial charge in [-0.15, -0.1) is 0 Å². The van der Waals surface area contributed by atoms with Gasteiger partial charge in [0.25, 0.3) is 0 Å². The Labute approximate surface area is 111 Å². The number of para-hydroxylation sites is 1. The second kappa shape index (κ2) is 6.24. The second-order valence-electron chi connectivity index (χ2n) is 5.71. The predicted octanol–water partition coefficient (Wildman–Crippen LogP) is 3.59. The van der Waals surface area contributed by atoms with Crippen LogP contribution in [-0.2, 0) is 0 Å². The van der Waals surface area contributed by atoms with E-state index in [0.29, 0.717) is 6.04 Å². The Balaban J connectivity index is 2.21. The smallest absolute Gasteiger partial charge is 0.0414 e. The van der Waals surface area contributed by atoms with Gasteiger partial charge in [0, 0.05) is 24.8 Å². The summed E-state index contributed by atoms with van der Waals surface area (Å²) in [6.07, 6.45) is 3.79. The van der Waals surface area contributed by atoms with E-state index in [0.717, 1.165) is 5.92 Å². The molecule has 0 bridgehead atoms. The maximum atomic E-state index is 3.46. The zero-order chi connectivity index (χ0) is 13.0. The number of hydrogen-bond donors (Lipinski definition) is 1. The summed E-state index contributed by atoms with van der Waals surface area (Å²) in [6.45, 7) is 6.99. The fourth-order valence-electron chi connectivity index (χ4n) is 2.78. The third-order valence-corrected chi connectivity index (χ3v) is 3.90. The van der Waals surface area contributed by atoms with Crippen LogP contribution in [0.4, 0.5) is 5.69 Å².